The van der Waals surface area contributed by atoms with Crippen molar-refractivity contribution in [1.82, 2.24) is 10.3 Å². The van der Waals surface area contributed by atoms with Gasteiger partial charge in [0.05, 0.1) is 17.0 Å². The van der Waals surface area contributed by atoms with E-state index in [-0.39, 0.29) is 17.9 Å². The molecule has 2 saturated heterocycles. The summed E-state index contributed by atoms with van der Waals surface area (Å²) in [6.45, 7) is 3.74. The molecule has 172 valence electrons. The van der Waals surface area contributed by atoms with Crippen molar-refractivity contribution in [3.8, 4) is 11.1 Å². The van der Waals surface area contributed by atoms with Crippen molar-refractivity contribution >= 4 is 40.6 Å². The molecule has 0 aliphatic carbocycles. The number of rotatable bonds is 7. The first kappa shape index (κ1) is 23.3. The van der Waals surface area contributed by atoms with Gasteiger partial charge < -0.3 is 25.4 Å². The number of hydrogen-bond acceptors (Lipinski definition) is 6. The first-order valence-electron chi connectivity index (χ1n) is 10.9. The number of ether oxygens (including phenoxy) is 2. The molecule has 0 unspecified atom stereocenters. The van der Waals surface area contributed by atoms with Crippen molar-refractivity contribution in [3.05, 3.63) is 40.5 Å². The molecule has 4 rings (SSSR count). The first-order chi connectivity index (χ1) is 15.5. The highest BCUT2D eigenvalue weighted by Crippen LogP contribution is 2.36. The molecule has 1 amide bonds. The minimum Gasteiger partial charge on any atom is -0.385 e. The summed E-state index contributed by atoms with van der Waals surface area (Å²) in [5, 5.41) is 10.6. The highest BCUT2D eigenvalue weighted by atomic mass is 35.5. The van der Waals surface area contributed by atoms with Crippen LogP contribution in [0.1, 0.15) is 12.8 Å². The van der Waals surface area contributed by atoms with Crippen LogP contribution in [-0.4, -0.2) is 57.0 Å². The monoisotopic (exact) mass is 478 g/mol. The van der Waals surface area contributed by atoms with Gasteiger partial charge >= 0.3 is 0 Å². The Morgan fingerprint density at radius 3 is 2.75 bits per heavy atom. The molecule has 3 N–H and O–H groups in total. The summed E-state index contributed by atoms with van der Waals surface area (Å²) in [6.07, 6.45) is 3.50. The number of benzene rings is 1. The lowest BCUT2D eigenvalue weighted by molar-refractivity contribution is -0.122. The minimum absolute atomic E-state index is 0.138. The van der Waals surface area contributed by atoms with E-state index in [1.165, 1.54) is 6.20 Å². The van der Waals surface area contributed by atoms with Gasteiger partial charge in [0.25, 0.3) is 0 Å². The minimum atomic E-state index is -0.276. The van der Waals surface area contributed by atoms with Gasteiger partial charge in [0.15, 0.2) is 0 Å². The number of aromatic nitrogens is 1. The molecule has 0 saturated carbocycles. The highest BCUT2D eigenvalue weighted by Gasteiger charge is 2.33. The van der Waals surface area contributed by atoms with E-state index in [0.29, 0.717) is 40.4 Å². The molecule has 32 heavy (non-hydrogen) atoms. The molecule has 2 aromatic rings. The maximum atomic E-state index is 12.7. The molecule has 2 aliphatic heterocycles. The molecule has 0 bridgehead atoms. The van der Waals surface area contributed by atoms with Crippen LogP contribution < -0.4 is 16.0 Å². The topological polar surface area (TPSA) is 84.5 Å². The number of carbonyl (C=O) groups excluding carboxylic acids is 1. The quantitative estimate of drug-likeness (QED) is 0.556. The van der Waals surface area contributed by atoms with Gasteiger partial charge in [-0.3, -0.25) is 4.79 Å². The third kappa shape index (κ3) is 5.53. The average molecular weight is 479 g/mol. The molecule has 7 nitrogen and oxygen atoms in total. The van der Waals surface area contributed by atoms with Crippen LogP contribution in [0.25, 0.3) is 11.1 Å². The number of nitrogens with one attached hydrogen (secondary N) is 3. The lowest BCUT2D eigenvalue weighted by atomic mass is 10.00. The summed E-state index contributed by atoms with van der Waals surface area (Å²) >= 11 is 13.0. The van der Waals surface area contributed by atoms with Gasteiger partial charge in [0, 0.05) is 68.0 Å². The number of amides is 1. The maximum absolute atomic E-state index is 12.7. The first-order valence-corrected chi connectivity index (χ1v) is 11.6. The summed E-state index contributed by atoms with van der Waals surface area (Å²) in [5.74, 6) is 0.603. The summed E-state index contributed by atoms with van der Waals surface area (Å²) < 4.78 is 10.8. The van der Waals surface area contributed by atoms with Gasteiger partial charge in [-0.1, -0.05) is 23.2 Å². The molecular weight excluding hydrogens is 451 g/mol. The largest absolute Gasteiger partial charge is 0.385 e. The number of methoxy groups -OCH3 is 1. The molecule has 2 fully saturated rings. The summed E-state index contributed by atoms with van der Waals surface area (Å²) in [4.78, 5) is 17.0. The maximum Gasteiger partial charge on any atom is 0.232 e. The van der Waals surface area contributed by atoms with E-state index in [1.807, 2.05) is 18.2 Å². The van der Waals surface area contributed by atoms with E-state index >= 15 is 0 Å². The van der Waals surface area contributed by atoms with Crippen LogP contribution in [0.3, 0.4) is 0 Å². The summed E-state index contributed by atoms with van der Waals surface area (Å²) in [6, 6.07) is 7.55. The van der Waals surface area contributed by atoms with Crippen LogP contribution >= 0.6 is 23.2 Å². The van der Waals surface area contributed by atoms with Crippen molar-refractivity contribution in [2.45, 2.75) is 18.9 Å². The van der Waals surface area contributed by atoms with Crippen LogP contribution in [-0.2, 0) is 14.3 Å². The normalized spacial score (nSPS) is 21.5. The number of halogens is 2. The lowest BCUT2D eigenvalue weighted by Crippen LogP contribution is -2.33. The Balaban J connectivity index is 1.50. The molecule has 9 heteroatoms. The van der Waals surface area contributed by atoms with Crippen molar-refractivity contribution in [2.24, 2.45) is 11.8 Å². The number of pyridine rings is 1. The van der Waals surface area contributed by atoms with Crippen LogP contribution in [0.15, 0.2) is 30.5 Å². The number of nitrogens with zero attached hydrogens (tertiary/aromatic N) is 1. The Labute approximate surface area is 198 Å². The van der Waals surface area contributed by atoms with E-state index in [4.69, 9.17) is 32.7 Å². The molecule has 1 aromatic heterocycles. The smallest absolute Gasteiger partial charge is 0.232 e. The lowest BCUT2D eigenvalue weighted by Gasteiger charge is -2.23. The van der Waals surface area contributed by atoms with Crippen molar-refractivity contribution in [1.29, 1.82) is 0 Å². The molecule has 0 spiro atoms. The van der Waals surface area contributed by atoms with Crippen LogP contribution in [0.4, 0.5) is 11.5 Å². The van der Waals surface area contributed by atoms with Gasteiger partial charge in [0.2, 0.25) is 5.91 Å². The SMILES string of the molecule is CO[C@H]1CNC[C@@H]1C(=O)Nc1cc(-c2cc(NCC3CCOCC3)ccc2Cl)c(Cl)cn1. The Bertz CT molecular complexity index is 953. The van der Waals surface area contributed by atoms with Gasteiger partial charge in [-0.2, -0.15) is 0 Å². The van der Waals surface area contributed by atoms with Crippen molar-refractivity contribution in [3.63, 3.8) is 0 Å². The molecule has 0 radical (unpaired) electrons. The van der Waals surface area contributed by atoms with Crippen LogP contribution in [0, 0.1) is 11.8 Å². The van der Waals surface area contributed by atoms with Gasteiger partial charge in [-0.25, -0.2) is 4.98 Å². The molecule has 1 aromatic carbocycles. The predicted molar refractivity (Wildman–Crippen MR) is 128 cm³/mol. The van der Waals surface area contributed by atoms with Gasteiger partial charge in [-0.05, 0) is 43.0 Å². The van der Waals surface area contributed by atoms with Crippen molar-refractivity contribution < 1.29 is 14.3 Å². The molecular formula is C23H28Cl2N4O3. The Morgan fingerprint density at radius 2 is 1.97 bits per heavy atom. The van der Waals surface area contributed by atoms with Crippen molar-refractivity contribution in [2.75, 3.05) is 50.6 Å². The van der Waals surface area contributed by atoms with E-state index < -0.39 is 0 Å². The fourth-order valence-electron chi connectivity index (χ4n) is 4.15. The fraction of sp³-hybridized carbons (Fsp3) is 0.478. The van der Waals surface area contributed by atoms with E-state index in [1.54, 1.807) is 13.2 Å². The molecule has 2 atom stereocenters. The Kier molecular flexibility index (Phi) is 7.86. The zero-order valence-electron chi connectivity index (χ0n) is 18.0. The second kappa shape index (κ2) is 10.8. The zero-order valence-corrected chi connectivity index (χ0v) is 19.5. The Hall–Kier alpha value is -1.90. The second-order valence-corrected chi connectivity index (χ2v) is 9.02. The van der Waals surface area contributed by atoms with Crippen LogP contribution in [0.2, 0.25) is 10.0 Å². The predicted octanol–water partition coefficient (Wildman–Crippen LogP) is 4.07. The summed E-state index contributed by atoms with van der Waals surface area (Å²) in [7, 11) is 1.61. The molecule has 2 aliphatic rings. The van der Waals surface area contributed by atoms with E-state index in [0.717, 1.165) is 43.9 Å². The third-order valence-electron chi connectivity index (χ3n) is 6.10. The number of anilines is 2. The fourth-order valence-corrected chi connectivity index (χ4v) is 4.58. The second-order valence-electron chi connectivity index (χ2n) is 8.21. The standard InChI is InChI=1S/C23H28Cl2N4O3/c1-31-21-13-26-11-18(21)23(30)29-22-9-17(20(25)12-28-22)16-8-15(2-3-19(16)24)27-10-14-4-6-32-7-5-14/h2-3,8-9,12,14,18,21,26-27H,4-7,10-11,13H2,1H3,(H,28,29,30)/t18-,21-/m0/s1. The highest BCUT2D eigenvalue weighted by molar-refractivity contribution is 6.36. The van der Waals surface area contributed by atoms with Gasteiger partial charge in [-0.15, -0.1) is 0 Å². The molecule has 3 heterocycles. The third-order valence-corrected chi connectivity index (χ3v) is 6.73. The average Bonchev–Trinajstić information content (AvgIpc) is 3.30. The zero-order chi connectivity index (χ0) is 22.5. The van der Waals surface area contributed by atoms with E-state index in [9.17, 15) is 4.79 Å². The number of hydrogen-bond donors (Lipinski definition) is 3. The van der Waals surface area contributed by atoms with Gasteiger partial charge in [0.1, 0.15) is 5.82 Å². The van der Waals surface area contributed by atoms with E-state index in [2.05, 4.69) is 20.9 Å². The number of carbonyl (C=O) groups is 1. The Morgan fingerprint density at radius 1 is 1.19 bits per heavy atom. The summed E-state index contributed by atoms with van der Waals surface area (Å²) in [5.41, 5.74) is 2.46. The van der Waals surface area contributed by atoms with Crippen LogP contribution in [0.5, 0.6) is 0 Å².